The van der Waals surface area contributed by atoms with Crippen LogP contribution in [0, 0.1) is 0 Å². The fourth-order valence-electron chi connectivity index (χ4n) is 2.99. The molecule has 2 aliphatic rings. The maximum Gasteiger partial charge on any atom is 0.323 e. The van der Waals surface area contributed by atoms with Crippen LogP contribution in [0.3, 0.4) is 0 Å². The maximum atomic E-state index is 12.4. The van der Waals surface area contributed by atoms with E-state index in [0.29, 0.717) is 29.7 Å². The molecule has 9 nitrogen and oxygen atoms in total. The topological polar surface area (TPSA) is 105 Å². The molecule has 0 aromatic carbocycles. The first-order valence-corrected chi connectivity index (χ1v) is 9.59. The van der Waals surface area contributed by atoms with E-state index in [4.69, 9.17) is 0 Å². The fraction of sp³-hybridized carbons (Fsp3) is 0.562. The van der Waals surface area contributed by atoms with Gasteiger partial charge in [0.2, 0.25) is 5.13 Å². The molecule has 2 N–H and O–H groups in total. The van der Waals surface area contributed by atoms with Crippen molar-refractivity contribution in [3.05, 3.63) is 23.0 Å². The minimum absolute atomic E-state index is 0.0646. The maximum absolute atomic E-state index is 12.4. The van der Waals surface area contributed by atoms with E-state index in [-0.39, 0.29) is 18.0 Å². The Morgan fingerprint density at radius 3 is 2.62 bits per heavy atom. The first kappa shape index (κ1) is 17.0. The van der Waals surface area contributed by atoms with Crippen molar-refractivity contribution in [2.24, 2.45) is 7.05 Å². The second kappa shape index (κ2) is 7.02. The number of hydrogen-bond acceptors (Lipinski definition) is 6. The molecule has 3 heterocycles. The molecule has 1 aliphatic heterocycles. The van der Waals surface area contributed by atoms with Crippen LogP contribution in [0.1, 0.15) is 47.0 Å². The largest absolute Gasteiger partial charge is 0.349 e. The number of hydrogen-bond donors (Lipinski definition) is 2. The minimum Gasteiger partial charge on any atom is -0.349 e. The Morgan fingerprint density at radius 2 is 1.96 bits per heavy atom. The van der Waals surface area contributed by atoms with Crippen molar-refractivity contribution in [2.75, 3.05) is 18.4 Å². The Bertz CT molecular complexity index is 805. The number of nitrogens with zero attached hydrogens (tertiary/aromatic N) is 5. The van der Waals surface area contributed by atoms with E-state index in [2.05, 4.69) is 25.9 Å². The van der Waals surface area contributed by atoms with Crippen LogP contribution in [0.2, 0.25) is 0 Å². The molecule has 1 saturated carbocycles. The summed E-state index contributed by atoms with van der Waals surface area (Å²) in [7, 11) is 1.78. The number of carbonyl (C=O) groups excluding carboxylic acids is 2. The summed E-state index contributed by atoms with van der Waals surface area (Å²) in [5.74, 6) is 0.416. The van der Waals surface area contributed by atoms with Gasteiger partial charge >= 0.3 is 6.03 Å². The second-order valence-corrected chi connectivity index (χ2v) is 7.80. The summed E-state index contributed by atoms with van der Waals surface area (Å²) >= 11 is 1.46. The van der Waals surface area contributed by atoms with Gasteiger partial charge in [-0.3, -0.25) is 14.8 Å². The predicted octanol–water partition coefficient (Wildman–Crippen LogP) is 1.58. The zero-order valence-electron chi connectivity index (χ0n) is 14.5. The van der Waals surface area contributed by atoms with E-state index >= 15 is 0 Å². The molecule has 0 spiro atoms. The van der Waals surface area contributed by atoms with Crippen LogP contribution < -0.4 is 10.6 Å². The van der Waals surface area contributed by atoms with Gasteiger partial charge in [-0.25, -0.2) is 4.79 Å². The summed E-state index contributed by atoms with van der Waals surface area (Å²) in [4.78, 5) is 26.3. The molecular weight excluding hydrogens is 354 g/mol. The molecule has 4 rings (SSSR count). The van der Waals surface area contributed by atoms with E-state index in [0.717, 1.165) is 17.8 Å². The monoisotopic (exact) mass is 375 g/mol. The van der Waals surface area contributed by atoms with Gasteiger partial charge in [-0.15, -0.1) is 10.2 Å². The lowest BCUT2D eigenvalue weighted by atomic mass is 10.1. The Balaban J connectivity index is 1.24. The van der Waals surface area contributed by atoms with Gasteiger partial charge in [0.1, 0.15) is 5.01 Å². The molecule has 0 bridgehead atoms. The Kier molecular flexibility index (Phi) is 4.58. The summed E-state index contributed by atoms with van der Waals surface area (Å²) < 4.78 is 1.60. The zero-order valence-corrected chi connectivity index (χ0v) is 15.3. The average Bonchev–Trinajstić information content (AvgIpc) is 3.22. The molecule has 0 unspecified atom stereocenters. The minimum atomic E-state index is -0.152. The first-order valence-electron chi connectivity index (χ1n) is 8.77. The van der Waals surface area contributed by atoms with Crippen molar-refractivity contribution in [3.63, 3.8) is 0 Å². The van der Waals surface area contributed by atoms with Crippen LogP contribution in [0.25, 0.3) is 0 Å². The van der Waals surface area contributed by atoms with Crippen LogP contribution in [0.15, 0.2) is 12.4 Å². The molecule has 1 aliphatic carbocycles. The second-order valence-electron chi connectivity index (χ2n) is 6.79. The number of piperidine rings is 1. The molecule has 3 amide bonds. The van der Waals surface area contributed by atoms with Gasteiger partial charge in [0.05, 0.1) is 11.8 Å². The number of nitrogens with one attached hydrogen (secondary N) is 2. The lowest BCUT2D eigenvalue weighted by molar-refractivity contribution is 0.0919. The van der Waals surface area contributed by atoms with Gasteiger partial charge in [0, 0.05) is 38.3 Å². The van der Waals surface area contributed by atoms with Gasteiger partial charge in [-0.2, -0.15) is 5.10 Å². The molecule has 1 saturated heterocycles. The van der Waals surface area contributed by atoms with Crippen LogP contribution in [0.5, 0.6) is 0 Å². The Morgan fingerprint density at radius 1 is 1.19 bits per heavy atom. The number of amides is 3. The normalized spacial score (nSPS) is 18.0. The highest BCUT2D eigenvalue weighted by Crippen LogP contribution is 2.42. The first-order chi connectivity index (χ1) is 12.6. The predicted molar refractivity (Wildman–Crippen MR) is 96.2 cm³/mol. The molecule has 2 aromatic rings. The molecule has 0 radical (unpaired) electrons. The van der Waals surface area contributed by atoms with E-state index in [9.17, 15) is 9.59 Å². The lowest BCUT2D eigenvalue weighted by Gasteiger charge is -2.32. The molecule has 10 heteroatoms. The van der Waals surface area contributed by atoms with Crippen molar-refractivity contribution in [3.8, 4) is 0 Å². The highest BCUT2D eigenvalue weighted by atomic mass is 32.1. The van der Waals surface area contributed by atoms with Crippen molar-refractivity contribution in [1.82, 2.24) is 30.2 Å². The summed E-state index contributed by atoms with van der Waals surface area (Å²) in [5, 5.41) is 19.6. The Labute approximate surface area is 154 Å². The van der Waals surface area contributed by atoms with Crippen LogP contribution in [-0.4, -0.2) is 55.9 Å². The zero-order chi connectivity index (χ0) is 18.1. The van der Waals surface area contributed by atoms with Gasteiger partial charge < -0.3 is 10.2 Å². The quantitative estimate of drug-likeness (QED) is 0.844. The van der Waals surface area contributed by atoms with Gasteiger partial charge in [0.25, 0.3) is 5.91 Å². The molecular formula is C16H21N7O2S. The van der Waals surface area contributed by atoms with E-state index < -0.39 is 0 Å². The van der Waals surface area contributed by atoms with Gasteiger partial charge in [-0.05, 0) is 25.7 Å². The fourth-order valence-corrected chi connectivity index (χ4v) is 3.89. The van der Waals surface area contributed by atoms with Crippen molar-refractivity contribution >= 4 is 28.4 Å². The molecule has 0 atom stereocenters. The van der Waals surface area contributed by atoms with Crippen LogP contribution >= 0.6 is 11.3 Å². The smallest absolute Gasteiger partial charge is 0.323 e. The SMILES string of the molecule is Cn1cc(C(=O)NC2CCN(C(=O)Nc3nnc(C4CC4)s3)CC2)cn1. The van der Waals surface area contributed by atoms with Crippen LogP contribution in [-0.2, 0) is 7.05 Å². The number of aromatic nitrogens is 4. The summed E-state index contributed by atoms with van der Waals surface area (Å²) in [6, 6.07) is -0.0877. The summed E-state index contributed by atoms with van der Waals surface area (Å²) in [6.07, 6.45) is 7.03. The third kappa shape index (κ3) is 3.85. The highest BCUT2D eigenvalue weighted by molar-refractivity contribution is 7.15. The lowest BCUT2D eigenvalue weighted by Crippen LogP contribution is -2.47. The molecule has 138 valence electrons. The third-order valence-corrected chi connectivity index (χ3v) is 5.67. The van der Waals surface area contributed by atoms with Crippen LogP contribution in [0.4, 0.5) is 9.93 Å². The number of urea groups is 1. The number of aryl methyl sites for hydroxylation is 1. The van der Waals surface area contributed by atoms with Gasteiger partial charge in [-0.1, -0.05) is 11.3 Å². The molecule has 2 fully saturated rings. The van der Waals surface area contributed by atoms with E-state index in [1.165, 1.54) is 24.2 Å². The number of likely N-dealkylation sites (tertiary alicyclic amines) is 1. The number of anilines is 1. The highest BCUT2D eigenvalue weighted by Gasteiger charge is 2.29. The van der Waals surface area contributed by atoms with Crippen molar-refractivity contribution in [2.45, 2.75) is 37.6 Å². The Hall–Kier alpha value is -2.49. The van der Waals surface area contributed by atoms with Crippen molar-refractivity contribution < 1.29 is 9.59 Å². The number of carbonyl (C=O) groups is 2. The molecule has 2 aromatic heterocycles. The number of rotatable bonds is 4. The van der Waals surface area contributed by atoms with Crippen molar-refractivity contribution in [1.29, 1.82) is 0 Å². The standard InChI is InChI=1S/C16H21N7O2S/c1-22-9-11(8-17-22)13(24)18-12-4-6-23(7-5-12)16(25)19-15-21-20-14(26-15)10-2-3-10/h8-10,12H,2-7H2,1H3,(H,18,24)(H,19,21,25). The third-order valence-electron chi connectivity index (χ3n) is 4.67. The molecule has 26 heavy (non-hydrogen) atoms. The average molecular weight is 375 g/mol. The van der Waals surface area contributed by atoms with Gasteiger partial charge in [0.15, 0.2) is 0 Å². The summed E-state index contributed by atoms with van der Waals surface area (Å²) in [5.41, 5.74) is 0.551. The van der Waals surface area contributed by atoms with E-state index in [1.807, 2.05) is 0 Å². The van der Waals surface area contributed by atoms with E-state index in [1.54, 1.807) is 29.0 Å². The summed E-state index contributed by atoms with van der Waals surface area (Å²) in [6.45, 7) is 1.19.